The van der Waals surface area contributed by atoms with Crippen LogP contribution in [0.25, 0.3) is 0 Å². The van der Waals surface area contributed by atoms with Crippen LogP contribution in [-0.2, 0) is 0 Å². The molecule has 1 aliphatic rings. The van der Waals surface area contributed by atoms with Crippen LogP contribution < -0.4 is 15.4 Å². The van der Waals surface area contributed by atoms with Gasteiger partial charge in [0, 0.05) is 5.69 Å². The van der Waals surface area contributed by atoms with Gasteiger partial charge in [-0.15, -0.1) is 17.5 Å². The average molecular weight is 428 g/mol. The number of hydrogen-bond donors (Lipinski definition) is 2. The van der Waals surface area contributed by atoms with Crippen LogP contribution in [0.3, 0.4) is 0 Å². The second-order valence-corrected chi connectivity index (χ2v) is 7.34. The lowest BCUT2D eigenvalue weighted by Gasteiger charge is -2.23. The third-order valence-electron chi connectivity index (χ3n) is 5.17. The molecule has 1 saturated heterocycles. The van der Waals surface area contributed by atoms with Crippen molar-refractivity contribution in [1.29, 1.82) is 0 Å². The van der Waals surface area contributed by atoms with Crippen molar-refractivity contribution in [3.05, 3.63) is 65.5 Å². The molecule has 3 aromatic rings. The summed E-state index contributed by atoms with van der Waals surface area (Å²) in [4.78, 5) is 12.7. The minimum absolute atomic E-state index is 0. The minimum Gasteiger partial charge on any atom is -0.457 e. The fourth-order valence-corrected chi connectivity index (χ4v) is 3.49. The molecule has 0 unspecified atom stereocenters. The molecule has 1 fully saturated rings. The zero-order valence-electron chi connectivity index (χ0n) is 17.1. The van der Waals surface area contributed by atoms with Gasteiger partial charge in [-0.3, -0.25) is 4.79 Å². The molecule has 0 radical (unpaired) electrons. The number of aryl methyl sites for hydroxylation is 1. The van der Waals surface area contributed by atoms with E-state index in [1.807, 2.05) is 67.1 Å². The van der Waals surface area contributed by atoms with Crippen molar-refractivity contribution in [3.63, 3.8) is 0 Å². The highest BCUT2D eigenvalue weighted by molar-refractivity contribution is 6.03. The molecule has 1 amide bonds. The number of nitrogens with zero attached hydrogens (tertiary/aromatic N) is 3. The SMILES string of the molecule is Cc1ccc(Oc2ccc(NC(=O)c3nnn(C4CCNCC4)c3C)cc2)cc1.Cl. The van der Waals surface area contributed by atoms with E-state index >= 15 is 0 Å². The van der Waals surface area contributed by atoms with Gasteiger partial charge in [-0.25, -0.2) is 4.68 Å². The molecule has 0 atom stereocenters. The van der Waals surface area contributed by atoms with E-state index in [2.05, 4.69) is 20.9 Å². The molecule has 0 saturated carbocycles. The summed E-state index contributed by atoms with van der Waals surface area (Å²) >= 11 is 0. The van der Waals surface area contributed by atoms with Gasteiger partial charge < -0.3 is 15.4 Å². The van der Waals surface area contributed by atoms with Crippen LogP contribution in [0.15, 0.2) is 48.5 Å². The first-order valence-corrected chi connectivity index (χ1v) is 9.88. The normalized spacial score (nSPS) is 14.1. The quantitative estimate of drug-likeness (QED) is 0.635. The summed E-state index contributed by atoms with van der Waals surface area (Å²) in [5.74, 6) is 1.23. The number of hydrogen-bond acceptors (Lipinski definition) is 5. The van der Waals surface area contributed by atoms with Gasteiger partial charge in [0.2, 0.25) is 0 Å². The predicted octanol–water partition coefficient (Wildman–Crippen LogP) is 4.29. The fraction of sp³-hybridized carbons (Fsp3) is 0.318. The maximum atomic E-state index is 12.7. The second kappa shape index (κ2) is 9.73. The van der Waals surface area contributed by atoms with Crippen LogP contribution in [0.4, 0.5) is 5.69 Å². The molecule has 1 aliphatic heterocycles. The van der Waals surface area contributed by atoms with Gasteiger partial charge in [-0.05, 0) is 76.2 Å². The van der Waals surface area contributed by atoms with E-state index < -0.39 is 0 Å². The Morgan fingerprint density at radius 3 is 2.27 bits per heavy atom. The van der Waals surface area contributed by atoms with E-state index in [4.69, 9.17) is 4.74 Å². The predicted molar refractivity (Wildman–Crippen MR) is 119 cm³/mol. The molecular weight excluding hydrogens is 402 g/mol. The first kappa shape index (κ1) is 21.8. The third-order valence-corrected chi connectivity index (χ3v) is 5.17. The summed E-state index contributed by atoms with van der Waals surface area (Å²) in [6, 6.07) is 15.4. The van der Waals surface area contributed by atoms with Gasteiger partial charge in [0.15, 0.2) is 5.69 Å². The number of amides is 1. The van der Waals surface area contributed by atoms with Gasteiger partial charge in [0.1, 0.15) is 11.5 Å². The molecule has 0 spiro atoms. The van der Waals surface area contributed by atoms with Crippen molar-refractivity contribution < 1.29 is 9.53 Å². The summed E-state index contributed by atoms with van der Waals surface area (Å²) in [7, 11) is 0. The molecule has 8 heteroatoms. The molecular formula is C22H26ClN5O2. The Hall–Kier alpha value is -2.90. The summed E-state index contributed by atoms with van der Waals surface area (Å²) in [5.41, 5.74) is 3.03. The van der Waals surface area contributed by atoms with Gasteiger partial charge in [-0.2, -0.15) is 0 Å². The molecule has 2 heterocycles. The maximum absolute atomic E-state index is 12.7. The van der Waals surface area contributed by atoms with Crippen LogP contribution in [0.5, 0.6) is 11.5 Å². The van der Waals surface area contributed by atoms with Crippen LogP contribution >= 0.6 is 12.4 Å². The number of piperidine rings is 1. The molecule has 4 rings (SSSR count). The van der Waals surface area contributed by atoms with E-state index in [0.717, 1.165) is 37.4 Å². The van der Waals surface area contributed by atoms with Crippen molar-refractivity contribution in [2.75, 3.05) is 18.4 Å². The van der Waals surface area contributed by atoms with Crippen molar-refractivity contribution in [1.82, 2.24) is 20.3 Å². The second-order valence-electron chi connectivity index (χ2n) is 7.34. The summed E-state index contributed by atoms with van der Waals surface area (Å²) in [6.45, 7) is 5.86. The third kappa shape index (κ3) is 4.98. The molecule has 2 N–H and O–H groups in total. The first-order chi connectivity index (χ1) is 14.1. The molecule has 158 valence electrons. The standard InChI is InChI=1S/C22H25N5O2.ClH/c1-15-3-7-19(8-4-15)29-20-9-5-17(6-10-20)24-22(28)21-16(2)27(26-25-21)18-11-13-23-14-12-18;/h3-10,18,23H,11-14H2,1-2H3,(H,24,28);1H. The number of halogens is 1. The number of benzene rings is 2. The number of nitrogens with one attached hydrogen (secondary N) is 2. The number of rotatable bonds is 5. The van der Waals surface area contributed by atoms with Gasteiger partial charge >= 0.3 is 0 Å². The number of anilines is 1. The van der Waals surface area contributed by atoms with Gasteiger partial charge in [0.05, 0.1) is 11.7 Å². The number of carbonyl (C=O) groups excluding carboxylic acids is 1. The van der Waals surface area contributed by atoms with E-state index in [9.17, 15) is 4.79 Å². The van der Waals surface area contributed by atoms with Crippen molar-refractivity contribution in [3.8, 4) is 11.5 Å². The first-order valence-electron chi connectivity index (χ1n) is 9.88. The smallest absolute Gasteiger partial charge is 0.278 e. The maximum Gasteiger partial charge on any atom is 0.278 e. The molecule has 2 aromatic carbocycles. The average Bonchev–Trinajstić information content (AvgIpc) is 3.13. The van der Waals surface area contributed by atoms with Crippen LogP contribution in [0.1, 0.15) is 40.6 Å². The number of ether oxygens (including phenoxy) is 1. The Bertz CT molecular complexity index is 980. The van der Waals surface area contributed by atoms with Crippen molar-refractivity contribution >= 4 is 24.0 Å². The minimum atomic E-state index is -0.255. The van der Waals surface area contributed by atoms with Gasteiger partial charge in [0.25, 0.3) is 5.91 Å². The summed E-state index contributed by atoms with van der Waals surface area (Å²) in [6.07, 6.45) is 1.99. The number of aromatic nitrogens is 3. The lowest BCUT2D eigenvalue weighted by molar-refractivity contribution is 0.102. The highest BCUT2D eigenvalue weighted by atomic mass is 35.5. The zero-order chi connectivity index (χ0) is 20.2. The monoisotopic (exact) mass is 427 g/mol. The largest absolute Gasteiger partial charge is 0.457 e. The van der Waals surface area contributed by atoms with Crippen LogP contribution in [0.2, 0.25) is 0 Å². The van der Waals surface area contributed by atoms with Crippen LogP contribution in [0, 0.1) is 13.8 Å². The summed E-state index contributed by atoms with van der Waals surface area (Å²) < 4.78 is 7.71. The van der Waals surface area contributed by atoms with Crippen molar-refractivity contribution in [2.24, 2.45) is 0 Å². The topological polar surface area (TPSA) is 81.1 Å². The summed E-state index contributed by atoms with van der Waals surface area (Å²) in [5, 5.41) is 14.6. The number of carbonyl (C=O) groups is 1. The molecule has 1 aromatic heterocycles. The van der Waals surface area contributed by atoms with E-state index in [1.165, 1.54) is 5.56 Å². The highest BCUT2D eigenvalue weighted by Crippen LogP contribution is 2.24. The Balaban J connectivity index is 0.00000256. The van der Waals surface area contributed by atoms with E-state index in [1.54, 1.807) is 0 Å². The van der Waals surface area contributed by atoms with Gasteiger partial charge in [-0.1, -0.05) is 22.9 Å². The molecule has 0 bridgehead atoms. The Morgan fingerprint density at radius 2 is 1.63 bits per heavy atom. The Labute approximate surface area is 182 Å². The highest BCUT2D eigenvalue weighted by Gasteiger charge is 2.22. The Morgan fingerprint density at radius 1 is 1.03 bits per heavy atom. The molecule has 0 aliphatic carbocycles. The zero-order valence-corrected chi connectivity index (χ0v) is 17.9. The lowest BCUT2D eigenvalue weighted by Crippen LogP contribution is -2.30. The molecule has 7 nitrogen and oxygen atoms in total. The van der Waals surface area contributed by atoms with E-state index in [0.29, 0.717) is 23.2 Å². The van der Waals surface area contributed by atoms with Crippen molar-refractivity contribution in [2.45, 2.75) is 32.7 Å². The van der Waals surface area contributed by atoms with Crippen LogP contribution in [-0.4, -0.2) is 34.0 Å². The fourth-order valence-electron chi connectivity index (χ4n) is 3.49. The van der Waals surface area contributed by atoms with E-state index in [-0.39, 0.29) is 18.3 Å². The molecule has 30 heavy (non-hydrogen) atoms. The lowest BCUT2D eigenvalue weighted by atomic mass is 10.1. The Kier molecular flexibility index (Phi) is 7.07.